The molecule has 0 aromatic heterocycles. The number of nitrogens with two attached hydrogens (primary N) is 1. The standard InChI is InChI=1S/C16H17N3O/c17-16(18-12-9-10-12)19-13-5-4-8-15(11-13)20-14-6-2-1-3-7-14/h1-8,11-12H,9-10H2,(H3,17,18,19). The van der Waals surface area contributed by atoms with Gasteiger partial charge in [-0.15, -0.1) is 0 Å². The molecule has 102 valence electrons. The van der Waals surface area contributed by atoms with Crippen LogP contribution in [0.15, 0.2) is 59.6 Å². The molecular weight excluding hydrogens is 250 g/mol. The minimum Gasteiger partial charge on any atom is -0.457 e. The molecule has 1 aliphatic carbocycles. The molecule has 4 heteroatoms. The molecule has 0 amide bonds. The molecule has 0 aliphatic heterocycles. The van der Waals surface area contributed by atoms with Gasteiger partial charge in [-0.05, 0) is 37.1 Å². The van der Waals surface area contributed by atoms with Gasteiger partial charge in [-0.2, -0.15) is 0 Å². The number of hydrogen-bond donors (Lipinski definition) is 2. The van der Waals surface area contributed by atoms with Crippen LogP contribution in [0.4, 0.5) is 5.69 Å². The van der Waals surface area contributed by atoms with Crippen molar-refractivity contribution in [2.75, 3.05) is 5.32 Å². The molecule has 0 radical (unpaired) electrons. The Morgan fingerprint density at radius 1 is 1.05 bits per heavy atom. The predicted molar refractivity (Wildman–Crippen MR) is 81.2 cm³/mol. The van der Waals surface area contributed by atoms with Crippen LogP contribution in [0.1, 0.15) is 12.8 Å². The van der Waals surface area contributed by atoms with Crippen LogP contribution in [0.2, 0.25) is 0 Å². The highest BCUT2D eigenvalue weighted by Crippen LogP contribution is 2.25. The van der Waals surface area contributed by atoms with E-state index in [-0.39, 0.29) is 0 Å². The maximum Gasteiger partial charge on any atom is 0.193 e. The predicted octanol–water partition coefficient (Wildman–Crippen LogP) is 3.37. The Labute approximate surface area is 118 Å². The zero-order valence-corrected chi connectivity index (χ0v) is 11.1. The Bertz CT molecular complexity index is 606. The summed E-state index contributed by atoms with van der Waals surface area (Å²) in [6, 6.07) is 17.8. The average Bonchev–Trinajstić information content (AvgIpc) is 3.24. The fourth-order valence-electron chi connectivity index (χ4n) is 1.84. The highest BCUT2D eigenvalue weighted by Gasteiger charge is 2.20. The van der Waals surface area contributed by atoms with Crippen LogP contribution in [0.3, 0.4) is 0 Å². The molecule has 1 aliphatic rings. The van der Waals surface area contributed by atoms with Crippen LogP contribution in [-0.4, -0.2) is 12.0 Å². The zero-order chi connectivity index (χ0) is 13.8. The van der Waals surface area contributed by atoms with E-state index in [4.69, 9.17) is 10.5 Å². The summed E-state index contributed by atoms with van der Waals surface area (Å²) in [7, 11) is 0. The number of nitrogens with one attached hydrogen (secondary N) is 1. The molecule has 0 bridgehead atoms. The van der Waals surface area contributed by atoms with Crippen molar-refractivity contribution >= 4 is 11.6 Å². The fourth-order valence-corrected chi connectivity index (χ4v) is 1.84. The SMILES string of the molecule is NC(=NC1CC1)Nc1cccc(Oc2ccccc2)c1. The number of hydrogen-bond acceptors (Lipinski definition) is 2. The van der Waals surface area contributed by atoms with Gasteiger partial charge >= 0.3 is 0 Å². The van der Waals surface area contributed by atoms with E-state index in [9.17, 15) is 0 Å². The molecule has 1 fully saturated rings. The lowest BCUT2D eigenvalue weighted by Crippen LogP contribution is -2.22. The van der Waals surface area contributed by atoms with Crippen LogP contribution in [0, 0.1) is 0 Å². The molecule has 2 aromatic rings. The fraction of sp³-hybridized carbons (Fsp3) is 0.188. The number of para-hydroxylation sites is 1. The lowest BCUT2D eigenvalue weighted by Gasteiger charge is -2.09. The Balaban J connectivity index is 1.69. The van der Waals surface area contributed by atoms with Crippen molar-refractivity contribution in [2.24, 2.45) is 10.7 Å². The summed E-state index contributed by atoms with van der Waals surface area (Å²) in [4.78, 5) is 4.34. The third kappa shape index (κ3) is 3.51. The molecule has 3 rings (SSSR count). The Hall–Kier alpha value is -2.49. The van der Waals surface area contributed by atoms with Gasteiger partial charge in [0.1, 0.15) is 11.5 Å². The van der Waals surface area contributed by atoms with Gasteiger partial charge in [0.25, 0.3) is 0 Å². The molecule has 0 heterocycles. The normalized spacial score (nSPS) is 14.9. The number of nitrogens with zero attached hydrogens (tertiary/aromatic N) is 1. The molecule has 0 spiro atoms. The van der Waals surface area contributed by atoms with Crippen molar-refractivity contribution < 1.29 is 4.74 Å². The second-order valence-electron chi connectivity index (χ2n) is 4.81. The smallest absolute Gasteiger partial charge is 0.193 e. The number of ether oxygens (including phenoxy) is 1. The summed E-state index contributed by atoms with van der Waals surface area (Å²) >= 11 is 0. The van der Waals surface area contributed by atoms with Crippen LogP contribution < -0.4 is 15.8 Å². The molecule has 2 aromatic carbocycles. The van der Waals surface area contributed by atoms with Gasteiger partial charge in [0.2, 0.25) is 0 Å². The number of benzene rings is 2. The number of guanidine groups is 1. The van der Waals surface area contributed by atoms with E-state index in [2.05, 4.69) is 10.3 Å². The first-order valence-corrected chi connectivity index (χ1v) is 6.73. The van der Waals surface area contributed by atoms with E-state index in [1.54, 1.807) is 0 Å². The van der Waals surface area contributed by atoms with Crippen molar-refractivity contribution in [1.29, 1.82) is 0 Å². The van der Waals surface area contributed by atoms with Gasteiger partial charge in [-0.25, -0.2) is 4.99 Å². The highest BCUT2D eigenvalue weighted by atomic mass is 16.5. The van der Waals surface area contributed by atoms with E-state index >= 15 is 0 Å². The third-order valence-electron chi connectivity index (χ3n) is 2.95. The second kappa shape index (κ2) is 5.65. The molecule has 0 saturated heterocycles. The van der Waals surface area contributed by atoms with E-state index in [0.717, 1.165) is 30.0 Å². The van der Waals surface area contributed by atoms with Crippen LogP contribution in [0.25, 0.3) is 0 Å². The first-order valence-electron chi connectivity index (χ1n) is 6.73. The molecule has 20 heavy (non-hydrogen) atoms. The van der Waals surface area contributed by atoms with Crippen LogP contribution >= 0.6 is 0 Å². The molecule has 3 N–H and O–H groups in total. The molecule has 1 saturated carbocycles. The van der Waals surface area contributed by atoms with Gasteiger partial charge in [-0.1, -0.05) is 24.3 Å². The van der Waals surface area contributed by atoms with Crippen molar-refractivity contribution in [3.63, 3.8) is 0 Å². The molecule has 0 atom stereocenters. The summed E-state index contributed by atoms with van der Waals surface area (Å²) in [5, 5.41) is 3.09. The monoisotopic (exact) mass is 267 g/mol. The zero-order valence-electron chi connectivity index (χ0n) is 11.1. The third-order valence-corrected chi connectivity index (χ3v) is 2.95. The van der Waals surface area contributed by atoms with E-state index < -0.39 is 0 Å². The number of rotatable bonds is 4. The highest BCUT2D eigenvalue weighted by molar-refractivity contribution is 5.92. The van der Waals surface area contributed by atoms with Gasteiger partial charge < -0.3 is 15.8 Å². The van der Waals surface area contributed by atoms with Crippen molar-refractivity contribution in [2.45, 2.75) is 18.9 Å². The Morgan fingerprint density at radius 3 is 2.55 bits per heavy atom. The van der Waals surface area contributed by atoms with Gasteiger partial charge in [-0.3, -0.25) is 0 Å². The summed E-state index contributed by atoms with van der Waals surface area (Å²) in [6.45, 7) is 0. The molecule has 0 unspecified atom stereocenters. The van der Waals surface area contributed by atoms with Crippen molar-refractivity contribution in [3.8, 4) is 11.5 Å². The van der Waals surface area contributed by atoms with Crippen molar-refractivity contribution in [3.05, 3.63) is 54.6 Å². The number of anilines is 1. The average molecular weight is 267 g/mol. The summed E-state index contributed by atoms with van der Waals surface area (Å²) in [5.41, 5.74) is 6.72. The molecule has 4 nitrogen and oxygen atoms in total. The molecular formula is C16H17N3O. The maximum atomic E-state index is 5.85. The van der Waals surface area contributed by atoms with Crippen LogP contribution in [0.5, 0.6) is 11.5 Å². The van der Waals surface area contributed by atoms with Crippen LogP contribution in [-0.2, 0) is 0 Å². The first-order chi connectivity index (χ1) is 9.79. The Kier molecular flexibility index (Phi) is 3.54. The topological polar surface area (TPSA) is 59.6 Å². The lowest BCUT2D eigenvalue weighted by molar-refractivity contribution is 0.483. The Morgan fingerprint density at radius 2 is 1.80 bits per heavy atom. The maximum absolute atomic E-state index is 5.85. The van der Waals surface area contributed by atoms with E-state index in [1.165, 1.54) is 0 Å². The first kappa shape index (κ1) is 12.5. The number of aliphatic imine (C=N–C) groups is 1. The van der Waals surface area contributed by atoms with Crippen molar-refractivity contribution in [1.82, 2.24) is 0 Å². The summed E-state index contributed by atoms with van der Waals surface area (Å²) < 4.78 is 5.77. The van der Waals surface area contributed by atoms with E-state index in [0.29, 0.717) is 12.0 Å². The van der Waals surface area contributed by atoms with E-state index in [1.807, 2.05) is 54.6 Å². The summed E-state index contributed by atoms with van der Waals surface area (Å²) in [6.07, 6.45) is 2.28. The van der Waals surface area contributed by atoms with Gasteiger partial charge in [0.15, 0.2) is 5.96 Å². The van der Waals surface area contributed by atoms with Gasteiger partial charge in [0.05, 0.1) is 6.04 Å². The summed E-state index contributed by atoms with van der Waals surface area (Å²) in [5.74, 6) is 2.04. The minimum absolute atomic E-state index is 0.409. The van der Waals surface area contributed by atoms with Gasteiger partial charge in [0, 0.05) is 11.8 Å². The quantitative estimate of drug-likeness (QED) is 0.659. The lowest BCUT2D eigenvalue weighted by atomic mass is 10.3. The second-order valence-corrected chi connectivity index (χ2v) is 4.81. The largest absolute Gasteiger partial charge is 0.457 e. The minimum atomic E-state index is 0.409.